The molecule has 1 spiro atoms. The largest absolute Gasteiger partial charge is 0.463 e. The summed E-state index contributed by atoms with van der Waals surface area (Å²) in [4.78, 5) is 26.5. The molecule has 1 saturated carbocycles. The standard InChI is InChI=1S/C25H24O3/c1-2-28-24(27)22-14-13-21(19-11-7-4-8-12-19)25(22)16-15-20(23(25)26)17-18-9-5-3-6-10-18/h3-12,14,17,21H,2,13,15-16H2,1H3/b20-17+/t21-,25-/m0/s1. The molecule has 2 aromatic rings. The van der Waals surface area contributed by atoms with E-state index in [0.717, 1.165) is 16.7 Å². The molecule has 0 aliphatic heterocycles. The summed E-state index contributed by atoms with van der Waals surface area (Å²) in [7, 11) is 0. The maximum absolute atomic E-state index is 13.7. The number of rotatable bonds is 4. The second-order valence-corrected chi connectivity index (χ2v) is 7.42. The minimum Gasteiger partial charge on any atom is -0.463 e. The summed E-state index contributed by atoms with van der Waals surface area (Å²) in [5, 5.41) is 0. The molecule has 0 N–H and O–H groups in total. The summed E-state index contributed by atoms with van der Waals surface area (Å²) >= 11 is 0. The molecule has 2 aliphatic carbocycles. The van der Waals surface area contributed by atoms with Crippen LogP contribution in [0.4, 0.5) is 0 Å². The third-order valence-corrected chi connectivity index (χ3v) is 5.96. The van der Waals surface area contributed by atoms with E-state index in [1.165, 1.54) is 0 Å². The monoisotopic (exact) mass is 372 g/mol. The van der Waals surface area contributed by atoms with Crippen LogP contribution in [0, 0.1) is 5.41 Å². The Morgan fingerprint density at radius 2 is 1.79 bits per heavy atom. The molecule has 28 heavy (non-hydrogen) atoms. The maximum Gasteiger partial charge on any atom is 0.334 e. The number of Topliss-reactive ketones (excluding diaryl/α,β-unsaturated/α-hetero) is 1. The van der Waals surface area contributed by atoms with E-state index in [4.69, 9.17) is 4.74 Å². The van der Waals surface area contributed by atoms with Gasteiger partial charge in [-0.1, -0.05) is 66.7 Å². The Kier molecular flexibility index (Phi) is 4.99. The second-order valence-electron chi connectivity index (χ2n) is 7.42. The summed E-state index contributed by atoms with van der Waals surface area (Å²) in [6, 6.07) is 20.0. The fourth-order valence-corrected chi connectivity index (χ4v) is 4.71. The van der Waals surface area contributed by atoms with Gasteiger partial charge in [0.1, 0.15) is 0 Å². The summed E-state index contributed by atoms with van der Waals surface area (Å²) in [5.74, 6) is -0.306. The summed E-state index contributed by atoms with van der Waals surface area (Å²) < 4.78 is 5.32. The van der Waals surface area contributed by atoms with Crippen LogP contribution in [-0.4, -0.2) is 18.4 Å². The Balaban J connectivity index is 1.77. The maximum atomic E-state index is 13.7. The molecule has 0 amide bonds. The first-order chi connectivity index (χ1) is 13.7. The van der Waals surface area contributed by atoms with Gasteiger partial charge in [0.15, 0.2) is 5.78 Å². The highest BCUT2D eigenvalue weighted by atomic mass is 16.5. The van der Waals surface area contributed by atoms with Crippen LogP contribution in [0.25, 0.3) is 6.08 Å². The van der Waals surface area contributed by atoms with Crippen LogP contribution in [0.15, 0.2) is 77.9 Å². The predicted molar refractivity (Wildman–Crippen MR) is 110 cm³/mol. The zero-order valence-electron chi connectivity index (χ0n) is 16.1. The fourth-order valence-electron chi connectivity index (χ4n) is 4.71. The van der Waals surface area contributed by atoms with Gasteiger partial charge in [-0.25, -0.2) is 4.79 Å². The molecular formula is C25H24O3. The third kappa shape index (κ3) is 3.01. The van der Waals surface area contributed by atoms with Gasteiger partial charge in [-0.2, -0.15) is 0 Å². The highest BCUT2D eigenvalue weighted by molar-refractivity contribution is 6.13. The van der Waals surface area contributed by atoms with Gasteiger partial charge in [0.25, 0.3) is 0 Å². The molecule has 0 bridgehead atoms. The van der Waals surface area contributed by atoms with Crippen LogP contribution >= 0.6 is 0 Å². The summed E-state index contributed by atoms with van der Waals surface area (Å²) in [6.45, 7) is 2.11. The highest BCUT2D eigenvalue weighted by Crippen LogP contribution is 2.58. The first-order valence-electron chi connectivity index (χ1n) is 9.90. The Morgan fingerprint density at radius 3 is 2.46 bits per heavy atom. The van der Waals surface area contributed by atoms with E-state index in [9.17, 15) is 9.59 Å². The lowest BCUT2D eigenvalue weighted by Gasteiger charge is -2.32. The number of ketones is 1. The van der Waals surface area contributed by atoms with E-state index in [-0.39, 0.29) is 17.7 Å². The van der Waals surface area contributed by atoms with Gasteiger partial charge in [0.05, 0.1) is 12.0 Å². The molecular weight excluding hydrogens is 348 g/mol. The number of allylic oxidation sites excluding steroid dienone is 2. The molecule has 0 unspecified atom stereocenters. The first-order valence-corrected chi connectivity index (χ1v) is 9.90. The topological polar surface area (TPSA) is 43.4 Å². The third-order valence-electron chi connectivity index (χ3n) is 5.96. The molecule has 2 aliphatic rings. The van der Waals surface area contributed by atoms with E-state index in [1.54, 1.807) is 6.92 Å². The normalized spacial score (nSPS) is 25.3. The van der Waals surface area contributed by atoms with Crippen LogP contribution in [0.3, 0.4) is 0 Å². The lowest BCUT2D eigenvalue weighted by atomic mass is 9.68. The molecule has 0 heterocycles. The number of hydrogen-bond donors (Lipinski definition) is 0. The fraction of sp³-hybridized carbons (Fsp3) is 0.280. The zero-order chi connectivity index (χ0) is 19.6. The minimum absolute atomic E-state index is 0.0257. The van der Waals surface area contributed by atoms with Crippen LogP contribution in [0.1, 0.15) is 43.2 Å². The molecule has 3 nitrogen and oxygen atoms in total. The van der Waals surface area contributed by atoms with E-state index in [2.05, 4.69) is 12.1 Å². The van der Waals surface area contributed by atoms with Crippen molar-refractivity contribution in [1.29, 1.82) is 0 Å². The molecule has 2 aromatic carbocycles. The van der Waals surface area contributed by atoms with Crippen molar-refractivity contribution in [1.82, 2.24) is 0 Å². The minimum atomic E-state index is -0.811. The van der Waals surface area contributed by atoms with Crippen molar-refractivity contribution in [3.63, 3.8) is 0 Å². The van der Waals surface area contributed by atoms with Crippen molar-refractivity contribution in [3.8, 4) is 0 Å². The van der Waals surface area contributed by atoms with Crippen molar-refractivity contribution in [2.45, 2.75) is 32.1 Å². The number of esters is 1. The van der Waals surface area contributed by atoms with E-state index < -0.39 is 5.41 Å². The van der Waals surface area contributed by atoms with Gasteiger partial charge in [0.2, 0.25) is 0 Å². The van der Waals surface area contributed by atoms with E-state index in [0.29, 0.717) is 31.4 Å². The lowest BCUT2D eigenvalue weighted by molar-refractivity contribution is -0.141. The average molecular weight is 372 g/mol. The number of carbonyl (C=O) groups is 2. The molecule has 1 fully saturated rings. The Hall–Kier alpha value is -2.94. The van der Waals surface area contributed by atoms with Gasteiger partial charge >= 0.3 is 5.97 Å². The van der Waals surface area contributed by atoms with Crippen LogP contribution < -0.4 is 0 Å². The zero-order valence-corrected chi connectivity index (χ0v) is 16.1. The molecule has 0 radical (unpaired) electrons. The molecule has 142 valence electrons. The summed E-state index contributed by atoms with van der Waals surface area (Å²) in [5.41, 5.74) is 2.65. The van der Waals surface area contributed by atoms with Crippen molar-refractivity contribution in [3.05, 3.63) is 89.0 Å². The average Bonchev–Trinajstić information content (AvgIpc) is 3.26. The first kappa shape index (κ1) is 18.4. The lowest BCUT2D eigenvalue weighted by Crippen LogP contribution is -2.35. The second kappa shape index (κ2) is 7.59. The molecule has 3 heteroatoms. The Morgan fingerprint density at radius 1 is 1.11 bits per heavy atom. The molecule has 0 aromatic heterocycles. The molecule has 2 atom stereocenters. The van der Waals surface area contributed by atoms with Gasteiger partial charge in [-0.05, 0) is 49.0 Å². The van der Waals surface area contributed by atoms with Gasteiger partial charge < -0.3 is 4.74 Å². The number of hydrogen-bond acceptors (Lipinski definition) is 3. The number of ether oxygens (including phenoxy) is 1. The molecule has 0 saturated heterocycles. The highest BCUT2D eigenvalue weighted by Gasteiger charge is 2.57. The Bertz CT molecular complexity index is 940. The molecule has 4 rings (SSSR count). The predicted octanol–water partition coefficient (Wildman–Crippen LogP) is 5.10. The Labute approximate surface area is 165 Å². The van der Waals surface area contributed by atoms with Gasteiger partial charge in [-0.15, -0.1) is 0 Å². The number of carbonyl (C=O) groups excluding carboxylic acids is 2. The van der Waals surface area contributed by atoms with Crippen molar-refractivity contribution in [2.75, 3.05) is 6.61 Å². The van der Waals surface area contributed by atoms with Gasteiger partial charge in [0, 0.05) is 11.5 Å². The van der Waals surface area contributed by atoms with Crippen LogP contribution in [-0.2, 0) is 14.3 Å². The van der Waals surface area contributed by atoms with Crippen LogP contribution in [0.2, 0.25) is 0 Å². The van der Waals surface area contributed by atoms with Crippen molar-refractivity contribution >= 4 is 17.8 Å². The van der Waals surface area contributed by atoms with E-state index >= 15 is 0 Å². The van der Waals surface area contributed by atoms with Crippen molar-refractivity contribution < 1.29 is 14.3 Å². The van der Waals surface area contributed by atoms with E-state index in [1.807, 2.05) is 60.7 Å². The quantitative estimate of drug-likeness (QED) is 0.554. The van der Waals surface area contributed by atoms with Gasteiger partial charge in [-0.3, -0.25) is 4.79 Å². The number of benzene rings is 2. The summed E-state index contributed by atoms with van der Waals surface area (Å²) in [6.07, 6.45) is 5.91. The smallest absolute Gasteiger partial charge is 0.334 e. The van der Waals surface area contributed by atoms with Crippen LogP contribution in [0.5, 0.6) is 0 Å². The SMILES string of the molecule is CCOC(=O)C1=CC[C@@H](c2ccccc2)[C@@]12CC/C(=C\c1ccccc1)C2=O. The van der Waals surface area contributed by atoms with Crippen molar-refractivity contribution in [2.24, 2.45) is 5.41 Å².